The Hall–Kier alpha value is -4.12. The molecule has 0 bridgehead atoms. The second-order valence-corrected chi connectivity index (χ2v) is 9.58. The lowest BCUT2D eigenvalue weighted by atomic mass is 10.1. The molecule has 0 aliphatic carbocycles. The lowest BCUT2D eigenvalue weighted by Crippen LogP contribution is -2.32. The zero-order valence-electron chi connectivity index (χ0n) is 20.6. The van der Waals surface area contributed by atoms with Crippen molar-refractivity contribution in [2.24, 2.45) is 0 Å². The van der Waals surface area contributed by atoms with Crippen molar-refractivity contribution in [3.05, 3.63) is 64.8 Å². The van der Waals surface area contributed by atoms with Gasteiger partial charge in [0.25, 0.3) is 0 Å². The summed E-state index contributed by atoms with van der Waals surface area (Å²) in [4.78, 5) is 22.0. The molecular formula is C27H26N6O3S. The van der Waals surface area contributed by atoms with E-state index in [0.717, 1.165) is 30.6 Å². The largest absolute Gasteiger partial charge is 0.437 e. The number of nitrogens with one attached hydrogen (secondary N) is 2. The fraction of sp³-hybridized carbons (Fsp3) is 0.296. The van der Waals surface area contributed by atoms with Gasteiger partial charge in [0.15, 0.2) is 0 Å². The molecule has 1 aliphatic heterocycles. The van der Waals surface area contributed by atoms with Crippen molar-refractivity contribution in [3.8, 4) is 23.8 Å². The van der Waals surface area contributed by atoms with Crippen molar-refractivity contribution in [3.63, 3.8) is 0 Å². The van der Waals surface area contributed by atoms with Crippen LogP contribution in [0.4, 0.5) is 11.6 Å². The van der Waals surface area contributed by atoms with Crippen molar-refractivity contribution in [1.29, 1.82) is 10.5 Å². The van der Waals surface area contributed by atoms with Crippen molar-refractivity contribution in [1.82, 2.24) is 15.3 Å². The smallest absolute Gasteiger partial charge is 0.237 e. The summed E-state index contributed by atoms with van der Waals surface area (Å²) in [7, 11) is 0. The van der Waals surface area contributed by atoms with E-state index in [2.05, 4.69) is 32.7 Å². The zero-order chi connectivity index (χ0) is 26.2. The molecule has 1 fully saturated rings. The number of rotatable bonds is 9. The summed E-state index contributed by atoms with van der Waals surface area (Å²) in [6.07, 6.45) is 3.66. The number of hydrogen-bond donors (Lipinski definition) is 2. The monoisotopic (exact) mass is 514 g/mol. The van der Waals surface area contributed by atoms with Crippen LogP contribution in [0.1, 0.15) is 35.1 Å². The second-order valence-electron chi connectivity index (χ2n) is 8.56. The Bertz CT molecular complexity index is 1340. The van der Waals surface area contributed by atoms with Crippen molar-refractivity contribution in [2.45, 2.75) is 37.7 Å². The number of benzene rings is 2. The Morgan fingerprint density at radius 1 is 1.16 bits per heavy atom. The highest BCUT2D eigenvalue weighted by Crippen LogP contribution is 2.35. The number of carbonyl (C=O) groups excluding carboxylic acids is 1. The first-order chi connectivity index (χ1) is 17.9. The third kappa shape index (κ3) is 6.98. The van der Waals surface area contributed by atoms with Gasteiger partial charge in [-0.05, 0) is 74.2 Å². The van der Waals surface area contributed by atoms with Crippen LogP contribution in [0.5, 0.6) is 11.6 Å². The Kier molecular flexibility index (Phi) is 8.57. The molecule has 9 nitrogen and oxygen atoms in total. The van der Waals surface area contributed by atoms with E-state index in [9.17, 15) is 10.1 Å². The van der Waals surface area contributed by atoms with Gasteiger partial charge in [-0.25, -0.2) is 4.98 Å². The number of ether oxygens (including phenoxy) is 2. The van der Waals surface area contributed by atoms with E-state index in [1.165, 1.54) is 11.8 Å². The molecule has 188 valence electrons. The maximum atomic E-state index is 12.4. The van der Waals surface area contributed by atoms with E-state index in [1.54, 1.807) is 42.6 Å². The average Bonchev–Trinajstić information content (AvgIpc) is 3.43. The Balaban J connectivity index is 1.54. The molecule has 4 rings (SSSR count). The molecule has 2 aromatic carbocycles. The molecule has 1 unspecified atom stereocenters. The van der Waals surface area contributed by atoms with Gasteiger partial charge >= 0.3 is 0 Å². The fourth-order valence-corrected chi connectivity index (χ4v) is 4.57. The average molecular weight is 515 g/mol. The molecule has 0 radical (unpaired) electrons. The molecule has 2 heterocycles. The fourth-order valence-electron chi connectivity index (χ4n) is 3.84. The molecule has 1 atom stereocenters. The van der Waals surface area contributed by atoms with Gasteiger partial charge in [0.05, 0.1) is 40.0 Å². The quantitative estimate of drug-likeness (QED) is 0.388. The van der Waals surface area contributed by atoms with Gasteiger partial charge in [-0.1, -0.05) is 0 Å². The minimum absolute atomic E-state index is 0.0751. The number of thioether (sulfide) groups is 1. The molecular weight excluding hydrogens is 488 g/mol. The summed E-state index contributed by atoms with van der Waals surface area (Å²) in [6, 6.07) is 14.7. The molecule has 2 N–H and O–H groups in total. The summed E-state index contributed by atoms with van der Waals surface area (Å²) in [5, 5.41) is 24.3. The number of aryl methyl sites for hydroxylation is 2. The maximum Gasteiger partial charge on any atom is 0.237 e. The van der Waals surface area contributed by atoms with E-state index in [4.69, 9.17) is 14.7 Å². The zero-order valence-corrected chi connectivity index (χ0v) is 21.4. The van der Waals surface area contributed by atoms with E-state index < -0.39 is 0 Å². The molecule has 37 heavy (non-hydrogen) atoms. The van der Waals surface area contributed by atoms with Gasteiger partial charge in [0.1, 0.15) is 5.75 Å². The predicted octanol–water partition coefficient (Wildman–Crippen LogP) is 4.76. The van der Waals surface area contributed by atoms with Crippen LogP contribution < -0.4 is 15.4 Å². The molecule has 1 amide bonds. The lowest BCUT2D eigenvalue weighted by molar-refractivity contribution is -0.119. The highest BCUT2D eigenvalue weighted by molar-refractivity contribution is 8.00. The van der Waals surface area contributed by atoms with Crippen LogP contribution in [0.2, 0.25) is 0 Å². The first-order valence-corrected chi connectivity index (χ1v) is 12.8. The van der Waals surface area contributed by atoms with Gasteiger partial charge in [-0.3, -0.25) is 4.79 Å². The summed E-state index contributed by atoms with van der Waals surface area (Å²) >= 11 is 1.28. The summed E-state index contributed by atoms with van der Waals surface area (Å²) in [6.45, 7) is 4.97. The van der Waals surface area contributed by atoms with Crippen molar-refractivity contribution >= 4 is 29.3 Å². The first-order valence-electron chi connectivity index (χ1n) is 11.8. The van der Waals surface area contributed by atoms with E-state index >= 15 is 0 Å². The second kappa shape index (κ2) is 12.2. The van der Waals surface area contributed by atoms with E-state index in [1.807, 2.05) is 13.8 Å². The van der Waals surface area contributed by atoms with Gasteiger partial charge in [0.2, 0.25) is 17.7 Å². The molecule has 10 heteroatoms. The SMILES string of the molecule is Cc1cc(C#N)cc(C)c1Oc1nc(Nc2ccc(C#N)cc2)ncc1SCC(=O)NCC1CCCO1. The van der Waals surface area contributed by atoms with Crippen molar-refractivity contribution in [2.75, 3.05) is 24.2 Å². The number of aromatic nitrogens is 2. The highest BCUT2D eigenvalue weighted by atomic mass is 32.2. The summed E-state index contributed by atoms with van der Waals surface area (Å²) in [5.74, 6) is 1.23. The highest BCUT2D eigenvalue weighted by Gasteiger charge is 2.18. The van der Waals surface area contributed by atoms with Crippen LogP contribution in [0, 0.1) is 36.5 Å². The lowest BCUT2D eigenvalue weighted by Gasteiger charge is -2.15. The van der Waals surface area contributed by atoms with Gasteiger partial charge < -0.3 is 20.1 Å². The number of anilines is 2. The standard InChI is InChI=1S/C27H26N6O3S/c1-17-10-20(13-29)11-18(2)25(17)36-26-23(37-16-24(34)30-14-22-4-3-9-35-22)15-31-27(33-26)32-21-7-5-19(12-28)6-8-21/h5-8,10-11,15,22H,3-4,9,14,16H2,1-2H3,(H,30,34)(H,31,32,33). The third-order valence-electron chi connectivity index (χ3n) is 5.69. The minimum atomic E-state index is -0.114. The Morgan fingerprint density at radius 3 is 2.54 bits per heavy atom. The van der Waals surface area contributed by atoms with Crippen LogP contribution >= 0.6 is 11.8 Å². The molecule has 1 saturated heterocycles. The predicted molar refractivity (Wildman–Crippen MR) is 140 cm³/mol. The molecule has 1 aliphatic rings. The van der Waals surface area contributed by atoms with E-state index in [0.29, 0.717) is 45.8 Å². The summed E-state index contributed by atoms with van der Waals surface area (Å²) in [5.41, 5.74) is 3.39. The number of nitriles is 2. The molecule has 0 spiro atoms. The number of nitrogens with zero attached hydrogens (tertiary/aromatic N) is 4. The van der Waals surface area contributed by atoms with Crippen LogP contribution in [0.3, 0.4) is 0 Å². The molecule has 0 saturated carbocycles. The maximum absolute atomic E-state index is 12.4. The number of carbonyl (C=O) groups is 1. The Labute approximate surface area is 219 Å². The van der Waals surface area contributed by atoms with Crippen molar-refractivity contribution < 1.29 is 14.3 Å². The topological polar surface area (TPSA) is 133 Å². The number of hydrogen-bond acceptors (Lipinski definition) is 9. The van der Waals surface area contributed by atoms with Gasteiger partial charge in [-0.2, -0.15) is 15.5 Å². The molecule has 1 aromatic heterocycles. The number of amides is 1. The Morgan fingerprint density at radius 2 is 1.89 bits per heavy atom. The third-order valence-corrected chi connectivity index (χ3v) is 6.69. The van der Waals surface area contributed by atoms with E-state index in [-0.39, 0.29) is 17.8 Å². The first kappa shape index (κ1) is 26.0. The van der Waals surface area contributed by atoms with Crippen LogP contribution in [0.15, 0.2) is 47.5 Å². The minimum Gasteiger partial charge on any atom is -0.437 e. The molecule has 3 aromatic rings. The van der Waals surface area contributed by atoms with Gasteiger partial charge in [0, 0.05) is 25.0 Å². The van der Waals surface area contributed by atoms with Gasteiger partial charge in [-0.15, -0.1) is 11.8 Å². The normalized spacial score (nSPS) is 14.4. The van der Waals surface area contributed by atoms with Crippen LogP contribution in [0.25, 0.3) is 0 Å². The van der Waals surface area contributed by atoms with Crippen LogP contribution in [-0.4, -0.2) is 40.9 Å². The summed E-state index contributed by atoms with van der Waals surface area (Å²) < 4.78 is 11.8. The van der Waals surface area contributed by atoms with Crippen LogP contribution in [-0.2, 0) is 9.53 Å².